The average molecular weight is 427 g/mol. The summed E-state index contributed by atoms with van der Waals surface area (Å²) in [5, 5.41) is 4.98. The van der Waals surface area contributed by atoms with E-state index in [0.717, 1.165) is 0 Å². The molecule has 12 heteroatoms. The molecule has 160 valence electrons. The number of benzene rings is 1. The highest BCUT2D eigenvalue weighted by Crippen LogP contribution is 2.37. The Bertz CT molecular complexity index is 1000. The highest BCUT2D eigenvalue weighted by Gasteiger charge is 2.50. The molecule has 0 radical (unpaired) electrons. The van der Waals surface area contributed by atoms with E-state index in [2.05, 4.69) is 20.6 Å². The molecular weight excluding hydrogens is 410 g/mol. The minimum Gasteiger partial charge on any atom is -0.492 e. The maximum atomic E-state index is 15.0. The molecule has 0 spiro atoms. The van der Waals surface area contributed by atoms with Gasteiger partial charge >= 0.3 is 6.18 Å². The first-order valence-corrected chi connectivity index (χ1v) is 8.92. The second-order valence-electron chi connectivity index (χ2n) is 6.73. The van der Waals surface area contributed by atoms with Gasteiger partial charge in [0.2, 0.25) is 5.95 Å². The second-order valence-corrected chi connectivity index (χ2v) is 6.73. The third kappa shape index (κ3) is 3.26. The lowest BCUT2D eigenvalue weighted by Gasteiger charge is -2.54. The molecular formula is C18H17F4N5O3. The Morgan fingerprint density at radius 2 is 2.13 bits per heavy atom. The third-order valence-electron chi connectivity index (χ3n) is 5.06. The van der Waals surface area contributed by atoms with Gasteiger partial charge in [-0.15, -0.1) is 0 Å². The number of rotatable bonds is 5. The number of nitrogens with one attached hydrogen (secondary N) is 2. The van der Waals surface area contributed by atoms with Gasteiger partial charge in [-0.1, -0.05) is 0 Å². The summed E-state index contributed by atoms with van der Waals surface area (Å²) in [6, 6.07) is 2.61. The molecule has 0 bridgehead atoms. The molecule has 8 nitrogen and oxygen atoms in total. The number of carbonyl (C=O) groups excluding carboxylic acids is 1. The van der Waals surface area contributed by atoms with E-state index in [-0.39, 0.29) is 35.1 Å². The third-order valence-corrected chi connectivity index (χ3v) is 5.06. The van der Waals surface area contributed by atoms with Gasteiger partial charge in [0.15, 0.2) is 11.6 Å². The van der Waals surface area contributed by atoms with Crippen LogP contribution in [-0.2, 0) is 10.9 Å². The first-order valence-electron chi connectivity index (χ1n) is 8.92. The van der Waals surface area contributed by atoms with Gasteiger partial charge in [0, 0.05) is 19.8 Å². The van der Waals surface area contributed by atoms with E-state index >= 15 is 0 Å². The number of halogens is 4. The predicted molar refractivity (Wildman–Crippen MR) is 97.4 cm³/mol. The normalized spacial score (nSPS) is 20.0. The summed E-state index contributed by atoms with van der Waals surface area (Å²) in [5.74, 6) is -2.30. The van der Waals surface area contributed by atoms with Crippen molar-refractivity contribution in [2.24, 2.45) is 0 Å². The summed E-state index contributed by atoms with van der Waals surface area (Å²) in [5.41, 5.74) is -1.16. The standard InChI is InChI=1S/C18H17F4N5O3/c1-23-15-9(18(20,21)22)5-24-17(26-15)25-10-4-3-8(13(19)14(10)29-2)16(28)27-6-12-11(27)7-30-12/h3-5,11-12H,6-7H2,1-2H3,(H2,23,24,25,26)/t11?,12-/m1/s1. The zero-order chi connectivity index (χ0) is 21.6. The van der Waals surface area contributed by atoms with Crippen LogP contribution in [0.1, 0.15) is 15.9 Å². The van der Waals surface area contributed by atoms with Gasteiger partial charge < -0.3 is 25.0 Å². The Hall–Kier alpha value is -3.15. The minimum atomic E-state index is -4.63. The summed E-state index contributed by atoms with van der Waals surface area (Å²) in [4.78, 5) is 21.5. The number of aromatic nitrogens is 2. The molecule has 30 heavy (non-hydrogen) atoms. The van der Waals surface area contributed by atoms with E-state index in [1.54, 1.807) is 0 Å². The van der Waals surface area contributed by atoms with Crippen LogP contribution in [0.4, 0.5) is 35.0 Å². The van der Waals surface area contributed by atoms with E-state index < -0.39 is 29.3 Å². The highest BCUT2D eigenvalue weighted by molar-refractivity contribution is 5.96. The fourth-order valence-electron chi connectivity index (χ4n) is 3.34. The van der Waals surface area contributed by atoms with Crippen molar-refractivity contribution in [3.05, 3.63) is 35.3 Å². The molecule has 2 aliphatic heterocycles. The number of morpholine rings is 1. The van der Waals surface area contributed by atoms with Crippen LogP contribution in [0, 0.1) is 5.82 Å². The van der Waals surface area contributed by atoms with Crippen LogP contribution >= 0.6 is 0 Å². The smallest absolute Gasteiger partial charge is 0.421 e. The fourth-order valence-corrected chi connectivity index (χ4v) is 3.34. The van der Waals surface area contributed by atoms with Gasteiger partial charge in [-0.05, 0) is 12.1 Å². The van der Waals surface area contributed by atoms with Crippen LogP contribution in [0.3, 0.4) is 0 Å². The number of nitrogens with zero attached hydrogens (tertiary/aromatic N) is 3. The lowest BCUT2D eigenvalue weighted by Crippen LogP contribution is -2.71. The van der Waals surface area contributed by atoms with Crippen molar-refractivity contribution in [2.45, 2.75) is 18.3 Å². The molecule has 3 heterocycles. The van der Waals surface area contributed by atoms with Crippen LogP contribution in [-0.4, -0.2) is 60.2 Å². The van der Waals surface area contributed by atoms with Crippen LogP contribution in [0.15, 0.2) is 18.3 Å². The van der Waals surface area contributed by atoms with Crippen LogP contribution in [0.5, 0.6) is 5.75 Å². The van der Waals surface area contributed by atoms with Crippen molar-refractivity contribution in [3.63, 3.8) is 0 Å². The molecule has 2 aliphatic rings. The molecule has 2 fully saturated rings. The molecule has 0 aliphatic carbocycles. The van der Waals surface area contributed by atoms with Gasteiger partial charge in [-0.3, -0.25) is 4.79 Å². The molecule has 1 aromatic heterocycles. The van der Waals surface area contributed by atoms with Gasteiger partial charge in [0.05, 0.1) is 37.1 Å². The van der Waals surface area contributed by atoms with Crippen molar-refractivity contribution in [1.82, 2.24) is 14.9 Å². The number of anilines is 3. The van der Waals surface area contributed by atoms with E-state index in [4.69, 9.17) is 9.47 Å². The van der Waals surface area contributed by atoms with Crippen LogP contribution in [0.2, 0.25) is 0 Å². The van der Waals surface area contributed by atoms with Crippen LogP contribution < -0.4 is 15.4 Å². The summed E-state index contributed by atoms with van der Waals surface area (Å²) < 4.78 is 64.3. The number of carbonyl (C=O) groups is 1. The maximum Gasteiger partial charge on any atom is 0.421 e. The quantitative estimate of drug-likeness (QED) is 0.710. The maximum absolute atomic E-state index is 15.0. The average Bonchev–Trinajstić information content (AvgIpc) is 2.69. The molecule has 0 saturated carbocycles. The number of hydrogen-bond acceptors (Lipinski definition) is 7. The first kappa shape index (κ1) is 20.1. The van der Waals surface area contributed by atoms with Gasteiger partial charge in [0.1, 0.15) is 11.4 Å². The van der Waals surface area contributed by atoms with E-state index in [1.165, 1.54) is 31.2 Å². The molecule has 2 atom stereocenters. The Balaban J connectivity index is 1.60. The Morgan fingerprint density at radius 1 is 1.37 bits per heavy atom. The Labute approximate surface area is 168 Å². The van der Waals surface area contributed by atoms with Crippen molar-refractivity contribution < 1.29 is 31.8 Å². The topological polar surface area (TPSA) is 88.6 Å². The summed E-state index contributed by atoms with van der Waals surface area (Å²) in [6.07, 6.45) is -4.01. The van der Waals surface area contributed by atoms with Crippen molar-refractivity contribution in [1.29, 1.82) is 0 Å². The molecule has 2 N–H and O–H groups in total. The zero-order valence-corrected chi connectivity index (χ0v) is 15.9. The number of ether oxygens (including phenoxy) is 2. The largest absolute Gasteiger partial charge is 0.492 e. The molecule has 2 saturated heterocycles. The Morgan fingerprint density at radius 3 is 2.67 bits per heavy atom. The van der Waals surface area contributed by atoms with E-state index in [0.29, 0.717) is 19.3 Å². The van der Waals surface area contributed by atoms with Gasteiger partial charge in [-0.2, -0.15) is 18.2 Å². The minimum absolute atomic E-state index is 0.0121. The first-order chi connectivity index (χ1) is 14.2. The summed E-state index contributed by atoms with van der Waals surface area (Å²) >= 11 is 0. The highest BCUT2D eigenvalue weighted by atomic mass is 19.4. The summed E-state index contributed by atoms with van der Waals surface area (Å²) in [7, 11) is 2.50. The number of fused-ring (bicyclic) bond motifs is 1. The van der Waals surface area contributed by atoms with Gasteiger partial charge in [-0.25, -0.2) is 9.37 Å². The fraction of sp³-hybridized carbons (Fsp3) is 0.389. The van der Waals surface area contributed by atoms with E-state index in [1.807, 2.05) is 0 Å². The number of alkyl halides is 3. The Kier molecular flexibility index (Phi) is 4.88. The number of methoxy groups -OCH3 is 1. The lowest BCUT2D eigenvalue weighted by atomic mass is 9.93. The summed E-state index contributed by atoms with van der Waals surface area (Å²) in [6.45, 7) is 0.825. The molecule has 1 aromatic carbocycles. The molecule has 1 unspecified atom stereocenters. The van der Waals surface area contributed by atoms with Crippen molar-refractivity contribution in [2.75, 3.05) is 37.9 Å². The number of hydrogen-bond donors (Lipinski definition) is 2. The molecule has 4 rings (SSSR count). The molecule has 2 aromatic rings. The monoisotopic (exact) mass is 427 g/mol. The molecule has 1 amide bonds. The van der Waals surface area contributed by atoms with Crippen molar-refractivity contribution in [3.8, 4) is 5.75 Å². The van der Waals surface area contributed by atoms with Crippen molar-refractivity contribution >= 4 is 23.4 Å². The zero-order valence-electron chi connectivity index (χ0n) is 15.9. The number of amides is 1. The number of likely N-dealkylation sites (tertiary alicyclic amines) is 1. The predicted octanol–water partition coefficient (Wildman–Crippen LogP) is 2.65. The van der Waals surface area contributed by atoms with Crippen LogP contribution in [0.25, 0.3) is 0 Å². The second kappa shape index (κ2) is 7.27. The van der Waals surface area contributed by atoms with Gasteiger partial charge in [0.25, 0.3) is 5.91 Å². The SMILES string of the molecule is CNc1nc(Nc2ccc(C(=O)N3C[C@H]4OCC43)c(F)c2OC)ncc1C(F)(F)F. The lowest BCUT2D eigenvalue weighted by molar-refractivity contribution is -0.195. The van der Waals surface area contributed by atoms with E-state index in [9.17, 15) is 22.4 Å².